The van der Waals surface area contributed by atoms with Crippen molar-refractivity contribution < 1.29 is 27.1 Å². The maximum absolute atomic E-state index is 13.1. The third-order valence-electron chi connectivity index (χ3n) is 3.43. The first kappa shape index (κ1) is 18.6. The van der Waals surface area contributed by atoms with E-state index in [4.69, 9.17) is 4.74 Å². The Morgan fingerprint density at radius 2 is 1.88 bits per heavy atom. The highest BCUT2D eigenvalue weighted by Gasteiger charge is 2.31. The summed E-state index contributed by atoms with van der Waals surface area (Å²) in [5, 5.41) is 4.76. The molecule has 0 heterocycles. The summed E-state index contributed by atoms with van der Waals surface area (Å²) in [6, 6.07) is 6.21. The average Bonchev–Trinajstić information content (AvgIpc) is 2.54. The van der Waals surface area contributed by atoms with E-state index < -0.39 is 23.6 Å². The van der Waals surface area contributed by atoms with Crippen molar-refractivity contribution >= 4 is 11.7 Å². The van der Waals surface area contributed by atoms with E-state index in [0.29, 0.717) is 11.3 Å². The Morgan fingerprint density at radius 3 is 2.48 bits per heavy atom. The molecule has 0 aliphatic carbocycles. The van der Waals surface area contributed by atoms with E-state index in [9.17, 15) is 22.4 Å². The Hall–Kier alpha value is -2.77. The second kappa shape index (κ2) is 7.42. The molecule has 2 N–H and O–H groups in total. The van der Waals surface area contributed by atoms with Crippen LogP contribution in [0.3, 0.4) is 0 Å². The number of amides is 2. The smallest absolute Gasteiger partial charge is 0.416 e. The van der Waals surface area contributed by atoms with Crippen LogP contribution in [-0.2, 0) is 12.8 Å². The zero-order valence-electron chi connectivity index (χ0n) is 13.5. The van der Waals surface area contributed by atoms with Gasteiger partial charge in [-0.1, -0.05) is 0 Å². The molecule has 4 nitrogen and oxygen atoms in total. The van der Waals surface area contributed by atoms with E-state index in [1.54, 1.807) is 6.92 Å². The van der Waals surface area contributed by atoms with Crippen molar-refractivity contribution in [3.63, 3.8) is 0 Å². The van der Waals surface area contributed by atoms with Crippen molar-refractivity contribution in [2.75, 3.05) is 12.4 Å². The molecule has 2 aromatic carbocycles. The van der Waals surface area contributed by atoms with Gasteiger partial charge in [0.15, 0.2) is 0 Å². The van der Waals surface area contributed by atoms with Gasteiger partial charge in [0.1, 0.15) is 18.2 Å². The van der Waals surface area contributed by atoms with Crippen LogP contribution in [0.25, 0.3) is 0 Å². The molecule has 0 spiro atoms. The third-order valence-corrected chi connectivity index (χ3v) is 3.43. The second-order valence-corrected chi connectivity index (χ2v) is 5.27. The highest BCUT2D eigenvalue weighted by Crippen LogP contribution is 2.32. The first-order valence-electron chi connectivity index (χ1n) is 7.28. The Bertz CT molecular complexity index is 776. The minimum Gasteiger partial charge on any atom is -0.489 e. The van der Waals surface area contributed by atoms with Crippen molar-refractivity contribution in [3.8, 4) is 5.75 Å². The van der Waals surface area contributed by atoms with Gasteiger partial charge in [-0.2, -0.15) is 13.2 Å². The summed E-state index contributed by atoms with van der Waals surface area (Å²) in [6.07, 6.45) is -4.52. The molecule has 2 aromatic rings. The predicted molar refractivity (Wildman–Crippen MR) is 85.0 cm³/mol. The Morgan fingerprint density at radius 1 is 1.16 bits per heavy atom. The zero-order chi connectivity index (χ0) is 18.6. The van der Waals surface area contributed by atoms with Crippen molar-refractivity contribution in [1.29, 1.82) is 0 Å². The fourth-order valence-electron chi connectivity index (χ4n) is 2.13. The average molecular weight is 356 g/mol. The van der Waals surface area contributed by atoms with E-state index in [1.165, 1.54) is 25.2 Å². The van der Waals surface area contributed by atoms with Crippen molar-refractivity contribution in [2.24, 2.45) is 0 Å². The van der Waals surface area contributed by atoms with Crippen LogP contribution in [0.5, 0.6) is 5.75 Å². The summed E-state index contributed by atoms with van der Waals surface area (Å²) in [7, 11) is 1.39. The molecule has 2 rings (SSSR count). The molecule has 0 radical (unpaired) electrons. The fraction of sp³-hybridized carbons (Fsp3) is 0.235. The number of halogens is 4. The molecular formula is C17H16F4N2O2. The predicted octanol–water partition coefficient (Wildman–Crippen LogP) is 4.48. The van der Waals surface area contributed by atoms with Gasteiger partial charge in [0.2, 0.25) is 0 Å². The number of anilines is 1. The van der Waals surface area contributed by atoms with Crippen molar-refractivity contribution in [2.45, 2.75) is 19.7 Å². The molecule has 134 valence electrons. The summed E-state index contributed by atoms with van der Waals surface area (Å²) in [5.74, 6) is -0.101. The molecule has 0 aliphatic rings. The number of rotatable bonds is 4. The number of hydrogen-bond acceptors (Lipinski definition) is 2. The maximum Gasteiger partial charge on any atom is 0.416 e. The number of hydrogen-bond donors (Lipinski definition) is 2. The fourth-order valence-corrected chi connectivity index (χ4v) is 2.13. The maximum atomic E-state index is 13.1. The van der Waals surface area contributed by atoms with Gasteiger partial charge < -0.3 is 15.4 Å². The quantitative estimate of drug-likeness (QED) is 0.794. The number of carbonyl (C=O) groups excluding carboxylic acids is 1. The Kier molecular flexibility index (Phi) is 5.51. The van der Waals surface area contributed by atoms with E-state index in [1.807, 2.05) is 0 Å². The van der Waals surface area contributed by atoms with Gasteiger partial charge in [-0.15, -0.1) is 0 Å². The first-order chi connectivity index (χ1) is 11.7. The largest absolute Gasteiger partial charge is 0.489 e. The number of alkyl halides is 3. The summed E-state index contributed by atoms with van der Waals surface area (Å²) in [6.45, 7) is 1.39. The van der Waals surface area contributed by atoms with Gasteiger partial charge in [0.25, 0.3) is 0 Å². The number of carbonyl (C=O) groups is 1. The molecular weight excluding hydrogens is 340 g/mol. The highest BCUT2D eigenvalue weighted by atomic mass is 19.4. The molecule has 0 aromatic heterocycles. The lowest BCUT2D eigenvalue weighted by atomic mass is 10.1. The minimum atomic E-state index is -4.52. The zero-order valence-corrected chi connectivity index (χ0v) is 13.5. The van der Waals surface area contributed by atoms with Crippen LogP contribution >= 0.6 is 0 Å². The molecule has 0 fully saturated rings. The topological polar surface area (TPSA) is 50.4 Å². The van der Waals surface area contributed by atoms with Crippen LogP contribution < -0.4 is 15.4 Å². The van der Waals surface area contributed by atoms with Gasteiger partial charge in [-0.3, -0.25) is 0 Å². The van der Waals surface area contributed by atoms with E-state index in [2.05, 4.69) is 10.6 Å². The van der Waals surface area contributed by atoms with Gasteiger partial charge in [0, 0.05) is 18.3 Å². The second-order valence-electron chi connectivity index (χ2n) is 5.27. The number of urea groups is 1. The van der Waals surface area contributed by atoms with Crippen molar-refractivity contribution in [1.82, 2.24) is 5.32 Å². The normalized spacial score (nSPS) is 11.1. The van der Waals surface area contributed by atoms with E-state index in [0.717, 1.165) is 18.2 Å². The monoisotopic (exact) mass is 356 g/mol. The van der Waals surface area contributed by atoms with Gasteiger partial charge in [0.05, 0.1) is 5.56 Å². The number of nitrogens with one attached hydrogen (secondary N) is 2. The van der Waals surface area contributed by atoms with Crippen LogP contribution in [0.15, 0.2) is 36.4 Å². The lowest BCUT2D eigenvalue weighted by Crippen LogP contribution is -2.25. The van der Waals surface area contributed by atoms with Crippen LogP contribution in [0.1, 0.15) is 16.7 Å². The lowest BCUT2D eigenvalue weighted by Gasteiger charge is -2.16. The summed E-state index contributed by atoms with van der Waals surface area (Å²) >= 11 is 0. The van der Waals surface area contributed by atoms with E-state index >= 15 is 0 Å². The molecule has 25 heavy (non-hydrogen) atoms. The van der Waals surface area contributed by atoms with Crippen LogP contribution in [0.2, 0.25) is 0 Å². The molecule has 2 amide bonds. The van der Waals surface area contributed by atoms with Gasteiger partial charge in [-0.05, 0) is 48.9 Å². The SMILES string of the molecule is CNC(=O)Nc1ccc(C(F)(F)F)cc1COc1ccc(F)cc1C. The molecule has 0 bridgehead atoms. The molecule has 8 heteroatoms. The first-order valence-corrected chi connectivity index (χ1v) is 7.28. The summed E-state index contributed by atoms with van der Waals surface area (Å²) in [5.41, 5.74) is -0.0218. The number of ether oxygens (including phenoxy) is 1. The Balaban J connectivity index is 2.29. The van der Waals surface area contributed by atoms with Gasteiger partial charge >= 0.3 is 12.2 Å². The molecule has 0 saturated carbocycles. The third kappa shape index (κ3) is 4.85. The van der Waals surface area contributed by atoms with Gasteiger partial charge in [-0.25, -0.2) is 9.18 Å². The summed E-state index contributed by atoms with van der Waals surface area (Å²) < 4.78 is 57.4. The van der Waals surface area contributed by atoms with E-state index in [-0.39, 0.29) is 17.9 Å². The molecule has 0 unspecified atom stereocenters. The van der Waals surface area contributed by atoms with Crippen molar-refractivity contribution in [3.05, 3.63) is 58.9 Å². The lowest BCUT2D eigenvalue weighted by molar-refractivity contribution is -0.137. The Labute approximate surface area is 141 Å². The molecule has 0 aliphatic heterocycles. The van der Waals surface area contributed by atoms with Crippen LogP contribution in [0, 0.1) is 12.7 Å². The highest BCUT2D eigenvalue weighted by molar-refractivity contribution is 5.89. The summed E-state index contributed by atoms with van der Waals surface area (Å²) in [4.78, 5) is 11.5. The minimum absolute atomic E-state index is 0.141. The molecule has 0 saturated heterocycles. The van der Waals surface area contributed by atoms with Crippen LogP contribution in [0.4, 0.5) is 28.0 Å². The number of aryl methyl sites for hydroxylation is 1. The molecule has 0 atom stereocenters. The number of benzene rings is 2. The standard InChI is InChI=1S/C17H16F4N2O2/c1-10-7-13(18)4-6-15(10)25-9-11-8-12(17(19,20)21)3-5-14(11)23-16(24)22-2/h3-8H,9H2,1-2H3,(H2,22,23,24). The van der Waals surface area contributed by atoms with Crippen LogP contribution in [-0.4, -0.2) is 13.1 Å².